The van der Waals surface area contributed by atoms with Gasteiger partial charge in [-0.2, -0.15) is 0 Å². The molecule has 2 unspecified atom stereocenters. The van der Waals surface area contributed by atoms with Gasteiger partial charge in [-0.05, 0) is 31.0 Å². The van der Waals surface area contributed by atoms with Crippen molar-refractivity contribution in [3.8, 4) is 0 Å². The van der Waals surface area contributed by atoms with Gasteiger partial charge in [-0.3, -0.25) is 4.79 Å². The average molecular weight is 239 g/mol. The van der Waals surface area contributed by atoms with E-state index in [-0.39, 0.29) is 17.3 Å². The first kappa shape index (κ1) is 11.5. The van der Waals surface area contributed by atoms with E-state index in [0.717, 1.165) is 17.0 Å². The molecule has 0 N–H and O–H groups in total. The number of carbonyl (C=O) groups excluding carboxylic acids is 1. The van der Waals surface area contributed by atoms with Crippen LogP contribution in [0.1, 0.15) is 25.8 Å². The van der Waals surface area contributed by atoms with Crippen molar-refractivity contribution in [2.24, 2.45) is 5.92 Å². The van der Waals surface area contributed by atoms with E-state index in [4.69, 9.17) is 16.3 Å². The van der Waals surface area contributed by atoms with Crippen LogP contribution in [-0.4, -0.2) is 12.6 Å². The van der Waals surface area contributed by atoms with Crippen molar-refractivity contribution in [3.05, 3.63) is 34.9 Å². The fourth-order valence-corrected chi connectivity index (χ4v) is 2.23. The Morgan fingerprint density at radius 3 is 2.69 bits per heavy atom. The first-order valence-electron chi connectivity index (χ1n) is 5.50. The Morgan fingerprint density at radius 2 is 2.12 bits per heavy atom. The highest BCUT2D eigenvalue weighted by Crippen LogP contribution is 2.54. The third-order valence-corrected chi connectivity index (χ3v) is 3.56. The van der Waals surface area contributed by atoms with E-state index < -0.39 is 0 Å². The summed E-state index contributed by atoms with van der Waals surface area (Å²) in [5.74, 6) is -0.0754. The maximum atomic E-state index is 11.6. The minimum absolute atomic E-state index is 0.00799. The van der Waals surface area contributed by atoms with Gasteiger partial charge in [0, 0.05) is 10.4 Å². The molecular weight excluding hydrogens is 224 g/mol. The summed E-state index contributed by atoms with van der Waals surface area (Å²) in [4.78, 5) is 11.6. The van der Waals surface area contributed by atoms with Crippen molar-refractivity contribution >= 4 is 17.6 Å². The number of rotatable bonds is 3. The average Bonchev–Trinajstić information content (AvgIpc) is 2.93. The van der Waals surface area contributed by atoms with Crippen LogP contribution < -0.4 is 0 Å². The second kappa shape index (κ2) is 4.10. The number of hydrogen-bond donors (Lipinski definition) is 0. The van der Waals surface area contributed by atoms with Crippen LogP contribution in [0.15, 0.2) is 24.3 Å². The van der Waals surface area contributed by atoms with Crippen LogP contribution >= 0.6 is 11.6 Å². The van der Waals surface area contributed by atoms with Gasteiger partial charge < -0.3 is 4.74 Å². The van der Waals surface area contributed by atoms with Crippen LogP contribution in [0.25, 0.3) is 0 Å². The molecule has 0 aromatic heterocycles. The molecule has 1 aliphatic rings. The van der Waals surface area contributed by atoms with E-state index in [1.807, 2.05) is 31.2 Å². The molecule has 3 heteroatoms. The Hall–Kier alpha value is -1.02. The SMILES string of the molecule is CCOC(=O)C1CC1(C)c1ccc(Cl)cc1. The van der Waals surface area contributed by atoms with Gasteiger partial charge in [0.1, 0.15) is 0 Å². The molecule has 0 spiro atoms. The van der Waals surface area contributed by atoms with E-state index in [9.17, 15) is 4.79 Å². The molecule has 16 heavy (non-hydrogen) atoms. The second-order valence-electron chi connectivity index (χ2n) is 4.43. The molecule has 1 fully saturated rings. The summed E-state index contributed by atoms with van der Waals surface area (Å²) in [6.07, 6.45) is 0.869. The van der Waals surface area contributed by atoms with Crippen LogP contribution in [0.3, 0.4) is 0 Å². The molecule has 86 valence electrons. The highest BCUT2D eigenvalue weighted by Gasteiger charge is 2.56. The standard InChI is InChI=1S/C13H15ClO2/c1-3-16-12(15)11-8-13(11,2)9-4-6-10(14)7-5-9/h4-7,11H,3,8H2,1-2H3. The Morgan fingerprint density at radius 1 is 1.50 bits per heavy atom. The van der Waals surface area contributed by atoms with E-state index in [0.29, 0.717) is 6.61 Å². The molecule has 1 aromatic carbocycles. The molecule has 1 aliphatic carbocycles. The van der Waals surface area contributed by atoms with Gasteiger partial charge in [0.25, 0.3) is 0 Å². The summed E-state index contributed by atoms with van der Waals surface area (Å²) in [7, 11) is 0. The van der Waals surface area contributed by atoms with Crippen molar-refractivity contribution in [1.82, 2.24) is 0 Å². The molecule has 2 atom stereocenters. The van der Waals surface area contributed by atoms with Gasteiger partial charge in [0.05, 0.1) is 12.5 Å². The Bertz CT molecular complexity index is 399. The van der Waals surface area contributed by atoms with Gasteiger partial charge in [-0.15, -0.1) is 0 Å². The third-order valence-electron chi connectivity index (χ3n) is 3.31. The fraction of sp³-hybridized carbons (Fsp3) is 0.462. The van der Waals surface area contributed by atoms with Crippen molar-refractivity contribution in [2.45, 2.75) is 25.7 Å². The molecule has 1 saturated carbocycles. The van der Waals surface area contributed by atoms with Crippen LogP contribution in [-0.2, 0) is 14.9 Å². The zero-order valence-corrected chi connectivity index (χ0v) is 10.3. The summed E-state index contributed by atoms with van der Waals surface area (Å²) in [6.45, 7) is 4.38. The van der Waals surface area contributed by atoms with Crippen molar-refractivity contribution in [1.29, 1.82) is 0 Å². The lowest BCUT2D eigenvalue weighted by Gasteiger charge is -2.11. The molecule has 0 heterocycles. The monoisotopic (exact) mass is 238 g/mol. The largest absolute Gasteiger partial charge is 0.466 e. The quantitative estimate of drug-likeness (QED) is 0.756. The minimum atomic E-state index is -0.0834. The second-order valence-corrected chi connectivity index (χ2v) is 4.87. The molecule has 2 nitrogen and oxygen atoms in total. The predicted molar refractivity (Wildman–Crippen MR) is 63.5 cm³/mol. The van der Waals surface area contributed by atoms with Gasteiger partial charge in [-0.25, -0.2) is 0 Å². The number of hydrogen-bond acceptors (Lipinski definition) is 2. The lowest BCUT2D eigenvalue weighted by atomic mass is 9.95. The smallest absolute Gasteiger partial charge is 0.309 e. The highest BCUT2D eigenvalue weighted by molar-refractivity contribution is 6.30. The molecule has 0 aliphatic heterocycles. The maximum Gasteiger partial charge on any atom is 0.309 e. The number of esters is 1. The molecule has 0 radical (unpaired) electrons. The number of carbonyl (C=O) groups is 1. The third kappa shape index (κ3) is 1.94. The van der Waals surface area contributed by atoms with Crippen LogP contribution in [0.4, 0.5) is 0 Å². The first-order valence-corrected chi connectivity index (χ1v) is 5.88. The van der Waals surface area contributed by atoms with E-state index in [1.165, 1.54) is 0 Å². The number of benzene rings is 1. The molecular formula is C13H15ClO2. The van der Waals surface area contributed by atoms with Crippen LogP contribution in [0.5, 0.6) is 0 Å². The van der Waals surface area contributed by atoms with E-state index in [1.54, 1.807) is 0 Å². The molecule has 2 rings (SSSR count). The summed E-state index contributed by atoms with van der Waals surface area (Å²) >= 11 is 5.84. The van der Waals surface area contributed by atoms with E-state index in [2.05, 4.69) is 6.92 Å². The summed E-state index contributed by atoms with van der Waals surface area (Å²) in [5.41, 5.74) is 1.10. The normalized spacial score (nSPS) is 27.6. The van der Waals surface area contributed by atoms with Gasteiger partial charge in [-0.1, -0.05) is 30.7 Å². The van der Waals surface area contributed by atoms with Gasteiger partial charge >= 0.3 is 5.97 Å². The van der Waals surface area contributed by atoms with Crippen molar-refractivity contribution in [2.75, 3.05) is 6.61 Å². The van der Waals surface area contributed by atoms with Crippen LogP contribution in [0, 0.1) is 5.92 Å². The fourth-order valence-electron chi connectivity index (χ4n) is 2.10. The van der Waals surface area contributed by atoms with Gasteiger partial charge in [0.15, 0.2) is 0 Å². The topological polar surface area (TPSA) is 26.3 Å². The molecule has 0 saturated heterocycles. The Balaban J connectivity index is 2.12. The molecule has 0 bridgehead atoms. The zero-order valence-electron chi connectivity index (χ0n) is 9.50. The first-order chi connectivity index (χ1) is 7.58. The number of ether oxygens (including phenoxy) is 1. The predicted octanol–water partition coefficient (Wildman–Crippen LogP) is 3.18. The lowest BCUT2D eigenvalue weighted by molar-refractivity contribution is -0.145. The molecule has 1 aromatic rings. The zero-order chi connectivity index (χ0) is 11.8. The van der Waals surface area contributed by atoms with Crippen molar-refractivity contribution in [3.63, 3.8) is 0 Å². The summed E-state index contributed by atoms with van der Waals surface area (Å²) < 4.78 is 5.04. The van der Waals surface area contributed by atoms with Gasteiger partial charge in [0.2, 0.25) is 0 Å². The lowest BCUT2D eigenvalue weighted by Crippen LogP contribution is -2.14. The number of halogens is 1. The summed E-state index contributed by atoms with van der Waals surface area (Å²) in [5, 5.41) is 0.723. The van der Waals surface area contributed by atoms with Crippen LogP contribution in [0.2, 0.25) is 5.02 Å². The summed E-state index contributed by atoms with van der Waals surface area (Å²) in [6, 6.07) is 7.70. The van der Waals surface area contributed by atoms with Crippen molar-refractivity contribution < 1.29 is 9.53 Å². The maximum absolute atomic E-state index is 11.6. The van der Waals surface area contributed by atoms with E-state index >= 15 is 0 Å². The Kier molecular flexibility index (Phi) is 2.94. The molecule has 0 amide bonds. The Labute approximate surface area is 101 Å². The highest BCUT2D eigenvalue weighted by atomic mass is 35.5. The minimum Gasteiger partial charge on any atom is -0.466 e.